The summed E-state index contributed by atoms with van der Waals surface area (Å²) in [5, 5.41) is 2.78. The first-order valence-electron chi connectivity index (χ1n) is 4.86. The quantitative estimate of drug-likeness (QED) is 0.862. The van der Waals surface area contributed by atoms with Crippen molar-refractivity contribution in [1.29, 1.82) is 0 Å². The first kappa shape index (κ1) is 13.5. The molecule has 0 aromatic carbocycles. The van der Waals surface area contributed by atoms with Gasteiger partial charge in [-0.1, -0.05) is 0 Å². The second kappa shape index (κ2) is 5.81. The number of carbonyl (C=O) groups excluding carboxylic acids is 1. The average Bonchev–Trinajstić information content (AvgIpc) is 2.70. The molecule has 1 N–H and O–H groups in total. The number of ether oxygens (including phenoxy) is 1. The van der Waals surface area contributed by atoms with Crippen molar-refractivity contribution < 1.29 is 9.53 Å². The average molecular weight is 392 g/mol. The van der Waals surface area contributed by atoms with E-state index in [1.165, 1.54) is 18.4 Å². The van der Waals surface area contributed by atoms with Gasteiger partial charge in [0.15, 0.2) is 0 Å². The highest BCUT2D eigenvalue weighted by Crippen LogP contribution is 2.32. The zero-order valence-corrected chi connectivity index (χ0v) is 13.2. The molecule has 94 valence electrons. The monoisotopic (exact) mass is 390 g/mol. The van der Waals surface area contributed by atoms with Gasteiger partial charge in [0.1, 0.15) is 0 Å². The lowest BCUT2D eigenvalue weighted by Gasteiger charge is -2.04. The summed E-state index contributed by atoms with van der Waals surface area (Å²) in [6.45, 7) is 0. The number of methoxy groups -OCH3 is 1. The molecule has 2 rings (SSSR count). The zero-order chi connectivity index (χ0) is 13.1. The summed E-state index contributed by atoms with van der Waals surface area (Å²) in [5.74, 6) is 0.293. The molecule has 0 aliphatic heterocycles. The summed E-state index contributed by atoms with van der Waals surface area (Å²) < 4.78 is 6.75. The summed E-state index contributed by atoms with van der Waals surface area (Å²) in [6.07, 6.45) is 1.58. The van der Waals surface area contributed by atoms with E-state index in [1.807, 2.05) is 0 Å². The molecule has 2 heterocycles. The van der Waals surface area contributed by atoms with E-state index in [0.717, 1.165) is 8.26 Å². The molecule has 0 aliphatic carbocycles. The molecular formula is C11H8Br2N2O2S. The highest BCUT2D eigenvalue weighted by Gasteiger charge is 2.12. The Kier molecular flexibility index (Phi) is 4.36. The number of amides is 1. The van der Waals surface area contributed by atoms with Gasteiger partial charge in [0, 0.05) is 22.4 Å². The Morgan fingerprint density at radius 3 is 2.83 bits per heavy atom. The number of thiophene rings is 1. The largest absolute Gasteiger partial charge is 0.481 e. The fourth-order valence-corrected chi connectivity index (χ4v) is 3.18. The van der Waals surface area contributed by atoms with E-state index in [1.54, 1.807) is 24.4 Å². The van der Waals surface area contributed by atoms with Gasteiger partial charge in [-0.15, -0.1) is 11.3 Å². The van der Waals surface area contributed by atoms with Gasteiger partial charge in [-0.25, -0.2) is 4.98 Å². The van der Waals surface area contributed by atoms with Gasteiger partial charge < -0.3 is 10.1 Å². The van der Waals surface area contributed by atoms with Gasteiger partial charge in [-0.3, -0.25) is 4.79 Å². The summed E-state index contributed by atoms with van der Waals surface area (Å²) in [4.78, 5) is 16.6. The third-order valence-electron chi connectivity index (χ3n) is 2.07. The molecule has 4 nitrogen and oxygen atoms in total. The SMILES string of the molecule is COc1cc(NC(=O)c2cc(Br)c(Br)s2)ccn1. The van der Waals surface area contributed by atoms with Crippen LogP contribution in [0, 0.1) is 0 Å². The molecule has 18 heavy (non-hydrogen) atoms. The van der Waals surface area contributed by atoms with Crippen LogP contribution >= 0.6 is 43.2 Å². The molecule has 2 aromatic rings. The number of rotatable bonds is 3. The van der Waals surface area contributed by atoms with Crippen molar-refractivity contribution in [2.75, 3.05) is 12.4 Å². The Morgan fingerprint density at radius 2 is 2.22 bits per heavy atom. The molecule has 0 fully saturated rings. The minimum atomic E-state index is -0.167. The van der Waals surface area contributed by atoms with Crippen molar-refractivity contribution in [3.63, 3.8) is 0 Å². The summed E-state index contributed by atoms with van der Waals surface area (Å²) in [6, 6.07) is 5.14. The Balaban J connectivity index is 2.15. The summed E-state index contributed by atoms with van der Waals surface area (Å²) >= 11 is 8.06. The molecule has 7 heteroatoms. The molecule has 1 amide bonds. The molecule has 0 spiro atoms. The molecule has 0 radical (unpaired) electrons. The van der Waals surface area contributed by atoms with Crippen LogP contribution in [0.2, 0.25) is 0 Å². The minimum Gasteiger partial charge on any atom is -0.481 e. The van der Waals surface area contributed by atoms with E-state index >= 15 is 0 Å². The topological polar surface area (TPSA) is 51.2 Å². The van der Waals surface area contributed by atoms with Crippen LogP contribution in [0.1, 0.15) is 9.67 Å². The Labute approximate surface area is 125 Å². The second-order valence-corrected chi connectivity index (χ2v) is 6.50. The van der Waals surface area contributed by atoms with Crippen LogP contribution < -0.4 is 10.1 Å². The van der Waals surface area contributed by atoms with E-state index in [2.05, 4.69) is 42.2 Å². The van der Waals surface area contributed by atoms with Crippen LogP contribution in [0.5, 0.6) is 5.88 Å². The van der Waals surface area contributed by atoms with E-state index in [9.17, 15) is 4.79 Å². The maximum absolute atomic E-state index is 12.0. The number of hydrogen-bond donors (Lipinski definition) is 1. The zero-order valence-electron chi connectivity index (χ0n) is 9.24. The van der Waals surface area contributed by atoms with Crippen molar-refractivity contribution >= 4 is 54.8 Å². The number of nitrogens with one attached hydrogen (secondary N) is 1. The van der Waals surface area contributed by atoms with Crippen molar-refractivity contribution in [3.05, 3.63) is 37.5 Å². The Hall–Kier alpha value is -0.920. The maximum atomic E-state index is 12.0. The number of hydrogen-bond acceptors (Lipinski definition) is 4. The standard InChI is InChI=1S/C11H8Br2N2O2S/c1-17-9-4-6(2-3-14-9)15-11(16)8-5-7(12)10(13)18-8/h2-5H,1H3,(H,14,15,16). The van der Waals surface area contributed by atoms with Crippen molar-refractivity contribution in [2.24, 2.45) is 0 Å². The predicted octanol–water partition coefficient (Wildman–Crippen LogP) is 3.93. The molecule has 0 unspecified atom stereocenters. The van der Waals surface area contributed by atoms with E-state index < -0.39 is 0 Å². The van der Waals surface area contributed by atoms with Crippen LogP contribution in [0.3, 0.4) is 0 Å². The number of aromatic nitrogens is 1. The number of pyridine rings is 1. The van der Waals surface area contributed by atoms with Gasteiger partial charge in [-0.05, 0) is 44.0 Å². The molecule has 2 aromatic heterocycles. The Morgan fingerprint density at radius 1 is 1.44 bits per heavy atom. The fraction of sp³-hybridized carbons (Fsp3) is 0.0909. The number of halogens is 2. The number of nitrogens with zero attached hydrogens (tertiary/aromatic N) is 1. The van der Waals surface area contributed by atoms with Gasteiger partial charge >= 0.3 is 0 Å². The normalized spacial score (nSPS) is 10.2. The van der Waals surface area contributed by atoms with Crippen molar-refractivity contribution in [1.82, 2.24) is 4.98 Å². The van der Waals surface area contributed by atoms with E-state index in [-0.39, 0.29) is 5.91 Å². The second-order valence-electron chi connectivity index (χ2n) is 3.27. The summed E-state index contributed by atoms with van der Waals surface area (Å²) in [5.41, 5.74) is 0.646. The first-order chi connectivity index (χ1) is 8.60. The Bertz CT molecular complexity index is 567. The lowest BCUT2D eigenvalue weighted by atomic mass is 10.3. The molecular weight excluding hydrogens is 384 g/mol. The third-order valence-corrected chi connectivity index (χ3v) is 5.33. The van der Waals surface area contributed by atoms with Gasteiger partial charge in [0.2, 0.25) is 5.88 Å². The highest BCUT2D eigenvalue weighted by molar-refractivity contribution is 9.13. The molecule has 0 bridgehead atoms. The summed E-state index contributed by atoms with van der Waals surface area (Å²) in [7, 11) is 1.53. The van der Waals surface area contributed by atoms with Crippen LogP contribution in [0.4, 0.5) is 5.69 Å². The lowest BCUT2D eigenvalue weighted by Crippen LogP contribution is -2.10. The smallest absolute Gasteiger partial charge is 0.265 e. The third kappa shape index (κ3) is 3.09. The van der Waals surface area contributed by atoms with Gasteiger partial charge in [0.25, 0.3) is 5.91 Å². The molecule has 0 atom stereocenters. The lowest BCUT2D eigenvalue weighted by molar-refractivity contribution is 0.103. The van der Waals surface area contributed by atoms with Crippen LogP contribution in [-0.2, 0) is 0 Å². The minimum absolute atomic E-state index is 0.167. The fourth-order valence-electron chi connectivity index (χ4n) is 1.25. The van der Waals surface area contributed by atoms with Crippen LogP contribution in [-0.4, -0.2) is 18.0 Å². The molecule has 0 aliphatic rings. The highest BCUT2D eigenvalue weighted by atomic mass is 79.9. The van der Waals surface area contributed by atoms with Crippen LogP contribution in [0.25, 0.3) is 0 Å². The molecule has 0 saturated carbocycles. The van der Waals surface area contributed by atoms with Gasteiger partial charge in [0.05, 0.1) is 15.8 Å². The number of anilines is 1. The van der Waals surface area contributed by atoms with E-state index in [0.29, 0.717) is 16.4 Å². The van der Waals surface area contributed by atoms with Crippen molar-refractivity contribution in [2.45, 2.75) is 0 Å². The maximum Gasteiger partial charge on any atom is 0.265 e. The van der Waals surface area contributed by atoms with Crippen LogP contribution in [0.15, 0.2) is 32.7 Å². The molecule has 0 saturated heterocycles. The predicted molar refractivity (Wildman–Crippen MR) is 78.5 cm³/mol. The number of carbonyl (C=O) groups is 1. The van der Waals surface area contributed by atoms with E-state index in [4.69, 9.17) is 4.74 Å². The first-order valence-corrected chi connectivity index (χ1v) is 7.26. The van der Waals surface area contributed by atoms with Crippen molar-refractivity contribution in [3.8, 4) is 5.88 Å². The van der Waals surface area contributed by atoms with Gasteiger partial charge in [-0.2, -0.15) is 0 Å².